The molecule has 0 saturated carbocycles. The zero-order valence-corrected chi connectivity index (χ0v) is 11.8. The molecule has 0 aliphatic heterocycles. The molecule has 0 atom stereocenters. The van der Waals surface area contributed by atoms with Crippen LogP contribution in [0.15, 0.2) is 42.6 Å². The molecule has 0 fully saturated rings. The highest BCUT2D eigenvalue weighted by Gasteiger charge is 2.04. The molecule has 20 heavy (non-hydrogen) atoms. The number of aromatic nitrogens is 3. The Bertz CT molecular complexity index is 730. The fourth-order valence-electron chi connectivity index (χ4n) is 2.31. The molecule has 1 aromatic carbocycles. The van der Waals surface area contributed by atoms with Crippen LogP contribution in [0.5, 0.6) is 0 Å². The number of nitrogens with one attached hydrogen (secondary N) is 1. The number of pyridine rings is 1. The molecule has 102 valence electrons. The van der Waals surface area contributed by atoms with Gasteiger partial charge in [0.25, 0.3) is 0 Å². The lowest BCUT2D eigenvalue weighted by molar-refractivity contribution is 0.943. The first kappa shape index (κ1) is 12.7. The zero-order valence-electron chi connectivity index (χ0n) is 11.8. The summed E-state index contributed by atoms with van der Waals surface area (Å²) in [6.07, 6.45) is 2.97. The van der Waals surface area contributed by atoms with Crippen LogP contribution in [0.2, 0.25) is 0 Å². The molecule has 2 heterocycles. The van der Waals surface area contributed by atoms with Crippen LogP contribution in [0, 0.1) is 6.92 Å². The minimum atomic E-state index is 0.668. The van der Waals surface area contributed by atoms with Crippen molar-refractivity contribution < 1.29 is 0 Å². The van der Waals surface area contributed by atoms with Gasteiger partial charge in [0, 0.05) is 12.7 Å². The van der Waals surface area contributed by atoms with Gasteiger partial charge in [0.2, 0.25) is 5.95 Å². The summed E-state index contributed by atoms with van der Waals surface area (Å²) in [6, 6.07) is 12.5. The van der Waals surface area contributed by atoms with E-state index in [1.165, 1.54) is 16.7 Å². The monoisotopic (exact) mass is 266 g/mol. The quantitative estimate of drug-likeness (QED) is 0.788. The third-order valence-electron chi connectivity index (χ3n) is 3.43. The van der Waals surface area contributed by atoms with E-state index in [1.807, 2.05) is 18.3 Å². The highest BCUT2D eigenvalue weighted by Crippen LogP contribution is 2.12. The molecule has 2 aromatic heterocycles. The molecule has 0 aliphatic carbocycles. The molecule has 3 aromatic rings. The highest BCUT2D eigenvalue weighted by molar-refractivity contribution is 5.45. The SMILES string of the molecule is CCc1ccccc1CNc1nc2cc(C)ccn2n1. The maximum Gasteiger partial charge on any atom is 0.243 e. The number of benzene rings is 1. The molecule has 0 spiro atoms. The predicted molar refractivity (Wildman–Crippen MR) is 80.9 cm³/mol. The van der Waals surface area contributed by atoms with E-state index in [0.717, 1.165) is 18.6 Å². The van der Waals surface area contributed by atoms with E-state index in [2.05, 4.69) is 53.5 Å². The number of hydrogen-bond donors (Lipinski definition) is 1. The van der Waals surface area contributed by atoms with Gasteiger partial charge in [-0.15, -0.1) is 5.10 Å². The second kappa shape index (κ2) is 5.33. The summed E-state index contributed by atoms with van der Waals surface area (Å²) < 4.78 is 1.79. The van der Waals surface area contributed by atoms with E-state index in [9.17, 15) is 0 Å². The van der Waals surface area contributed by atoms with Crippen molar-refractivity contribution in [1.29, 1.82) is 0 Å². The molecule has 3 rings (SSSR count). The van der Waals surface area contributed by atoms with Gasteiger partial charge in [-0.3, -0.25) is 0 Å². The highest BCUT2D eigenvalue weighted by atomic mass is 15.3. The maximum atomic E-state index is 4.48. The van der Waals surface area contributed by atoms with Crippen molar-refractivity contribution in [1.82, 2.24) is 14.6 Å². The zero-order chi connectivity index (χ0) is 13.9. The first-order valence-corrected chi connectivity index (χ1v) is 6.90. The standard InChI is InChI=1S/C16H18N4/c1-3-13-6-4-5-7-14(13)11-17-16-18-15-10-12(2)8-9-20(15)19-16/h4-10H,3,11H2,1-2H3,(H,17,19). The Hall–Kier alpha value is -2.36. The van der Waals surface area contributed by atoms with Crippen LogP contribution in [0.1, 0.15) is 23.6 Å². The van der Waals surface area contributed by atoms with Crippen molar-refractivity contribution in [3.63, 3.8) is 0 Å². The van der Waals surface area contributed by atoms with Crippen LogP contribution in [-0.2, 0) is 13.0 Å². The predicted octanol–water partition coefficient (Wildman–Crippen LogP) is 3.21. The van der Waals surface area contributed by atoms with Gasteiger partial charge in [0.1, 0.15) is 0 Å². The van der Waals surface area contributed by atoms with Gasteiger partial charge in [-0.2, -0.15) is 4.98 Å². The van der Waals surface area contributed by atoms with Gasteiger partial charge in [-0.1, -0.05) is 31.2 Å². The Labute approximate surface area is 118 Å². The summed E-state index contributed by atoms with van der Waals surface area (Å²) in [7, 11) is 0. The molecule has 1 N–H and O–H groups in total. The van der Waals surface area contributed by atoms with Crippen LogP contribution in [0.25, 0.3) is 5.65 Å². The van der Waals surface area contributed by atoms with Crippen LogP contribution in [0.4, 0.5) is 5.95 Å². The Balaban J connectivity index is 1.79. The van der Waals surface area contributed by atoms with E-state index in [4.69, 9.17) is 0 Å². The smallest absolute Gasteiger partial charge is 0.243 e. The number of nitrogens with zero attached hydrogens (tertiary/aromatic N) is 3. The maximum absolute atomic E-state index is 4.48. The van der Waals surface area contributed by atoms with Crippen molar-refractivity contribution in [2.45, 2.75) is 26.8 Å². The summed E-state index contributed by atoms with van der Waals surface area (Å²) in [4.78, 5) is 4.48. The van der Waals surface area contributed by atoms with Crippen molar-refractivity contribution in [2.75, 3.05) is 5.32 Å². The molecule has 0 amide bonds. The second-order valence-corrected chi connectivity index (χ2v) is 4.92. The summed E-state index contributed by atoms with van der Waals surface area (Å²) in [5.74, 6) is 0.668. The van der Waals surface area contributed by atoms with E-state index in [0.29, 0.717) is 5.95 Å². The van der Waals surface area contributed by atoms with E-state index >= 15 is 0 Å². The third kappa shape index (κ3) is 2.50. The lowest BCUT2D eigenvalue weighted by Gasteiger charge is -2.07. The second-order valence-electron chi connectivity index (χ2n) is 4.92. The van der Waals surface area contributed by atoms with Crippen LogP contribution >= 0.6 is 0 Å². The summed E-state index contributed by atoms with van der Waals surface area (Å²) >= 11 is 0. The average Bonchev–Trinajstić information content (AvgIpc) is 2.87. The summed E-state index contributed by atoms with van der Waals surface area (Å²) in [5, 5.41) is 7.72. The van der Waals surface area contributed by atoms with Crippen LogP contribution in [-0.4, -0.2) is 14.6 Å². The number of aryl methyl sites for hydroxylation is 2. The van der Waals surface area contributed by atoms with Crippen LogP contribution in [0.3, 0.4) is 0 Å². The molecule has 0 bridgehead atoms. The molecule has 0 radical (unpaired) electrons. The largest absolute Gasteiger partial charge is 0.349 e. The minimum Gasteiger partial charge on any atom is -0.349 e. The van der Waals surface area contributed by atoms with Crippen molar-refractivity contribution >= 4 is 11.6 Å². The number of hydrogen-bond acceptors (Lipinski definition) is 3. The number of rotatable bonds is 4. The molecular weight excluding hydrogens is 248 g/mol. The van der Waals surface area contributed by atoms with Gasteiger partial charge < -0.3 is 5.32 Å². The lowest BCUT2D eigenvalue weighted by Crippen LogP contribution is -2.03. The van der Waals surface area contributed by atoms with Gasteiger partial charge in [-0.05, 0) is 42.2 Å². The van der Waals surface area contributed by atoms with E-state index in [-0.39, 0.29) is 0 Å². The van der Waals surface area contributed by atoms with E-state index < -0.39 is 0 Å². The Morgan fingerprint density at radius 1 is 1.15 bits per heavy atom. The molecule has 4 nitrogen and oxygen atoms in total. The molecular formula is C16H18N4. The topological polar surface area (TPSA) is 42.2 Å². The van der Waals surface area contributed by atoms with Crippen molar-refractivity contribution in [2.24, 2.45) is 0 Å². The van der Waals surface area contributed by atoms with Crippen LogP contribution < -0.4 is 5.32 Å². The van der Waals surface area contributed by atoms with Gasteiger partial charge >= 0.3 is 0 Å². The van der Waals surface area contributed by atoms with Gasteiger partial charge in [-0.25, -0.2) is 4.52 Å². The minimum absolute atomic E-state index is 0.668. The normalized spacial score (nSPS) is 10.9. The Morgan fingerprint density at radius 2 is 1.95 bits per heavy atom. The van der Waals surface area contributed by atoms with Crippen molar-refractivity contribution in [3.8, 4) is 0 Å². The summed E-state index contributed by atoms with van der Waals surface area (Å²) in [6.45, 7) is 4.98. The van der Waals surface area contributed by atoms with E-state index in [1.54, 1.807) is 4.52 Å². The fraction of sp³-hybridized carbons (Fsp3) is 0.250. The molecule has 4 heteroatoms. The average molecular weight is 266 g/mol. The molecule has 0 unspecified atom stereocenters. The first-order chi connectivity index (χ1) is 9.76. The lowest BCUT2D eigenvalue weighted by atomic mass is 10.1. The molecule has 0 aliphatic rings. The Kier molecular flexibility index (Phi) is 3.37. The van der Waals surface area contributed by atoms with Crippen molar-refractivity contribution in [3.05, 3.63) is 59.3 Å². The fourth-order valence-corrected chi connectivity index (χ4v) is 2.31. The summed E-state index contributed by atoms with van der Waals surface area (Å²) in [5.41, 5.74) is 4.72. The first-order valence-electron chi connectivity index (χ1n) is 6.90. The number of anilines is 1. The van der Waals surface area contributed by atoms with Gasteiger partial charge in [0.15, 0.2) is 5.65 Å². The number of fused-ring (bicyclic) bond motifs is 1. The van der Waals surface area contributed by atoms with Gasteiger partial charge in [0.05, 0.1) is 0 Å². The Morgan fingerprint density at radius 3 is 2.75 bits per heavy atom. The molecule has 0 saturated heterocycles. The third-order valence-corrected chi connectivity index (χ3v) is 3.43.